The molecule has 1 amide bonds. The molecule has 2 aliphatic rings. The highest BCUT2D eigenvalue weighted by Crippen LogP contribution is 2.22. The zero-order chi connectivity index (χ0) is 14.8. The molecule has 114 valence electrons. The summed E-state index contributed by atoms with van der Waals surface area (Å²) in [5.41, 5.74) is 6.32. The van der Waals surface area contributed by atoms with Crippen LogP contribution in [0.2, 0.25) is 0 Å². The summed E-state index contributed by atoms with van der Waals surface area (Å²) in [4.78, 5) is 20.9. The molecule has 6 heteroatoms. The van der Waals surface area contributed by atoms with Crippen LogP contribution in [0.25, 0.3) is 0 Å². The third-order valence-corrected chi connectivity index (χ3v) is 4.23. The quantitative estimate of drug-likeness (QED) is 0.869. The summed E-state index contributed by atoms with van der Waals surface area (Å²) < 4.78 is 5.50. The molecule has 2 fully saturated rings. The SMILES string of the molecule is CC1CC(C(=O)N2CCN(c3ccc(N)cn3)CC2)CO1. The first-order valence-electron chi connectivity index (χ1n) is 7.50. The summed E-state index contributed by atoms with van der Waals surface area (Å²) in [5.74, 6) is 1.21. The Morgan fingerprint density at radius 1 is 1.33 bits per heavy atom. The number of nitrogens with two attached hydrogens (primary N) is 1. The molecule has 2 aliphatic heterocycles. The van der Waals surface area contributed by atoms with E-state index in [4.69, 9.17) is 10.5 Å². The van der Waals surface area contributed by atoms with E-state index >= 15 is 0 Å². The second-order valence-corrected chi connectivity index (χ2v) is 5.84. The number of pyridine rings is 1. The minimum absolute atomic E-state index is 0.0428. The maximum atomic E-state index is 12.4. The summed E-state index contributed by atoms with van der Waals surface area (Å²) in [6.07, 6.45) is 2.72. The molecule has 0 aliphatic carbocycles. The number of aromatic nitrogens is 1. The fraction of sp³-hybridized carbons (Fsp3) is 0.600. The number of ether oxygens (including phenoxy) is 1. The number of nitrogen functional groups attached to an aromatic ring is 1. The Hall–Kier alpha value is -1.82. The predicted octanol–water partition coefficient (Wildman–Crippen LogP) is 0.737. The van der Waals surface area contributed by atoms with Crippen LogP contribution in [0.3, 0.4) is 0 Å². The van der Waals surface area contributed by atoms with Crippen molar-refractivity contribution in [3.8, 4) is 0 Å². The zero-order valence-electron chi connectivity index (χ0n) is 12.4. The lowest BCUT2D eigenvalue weighted by Gasteiger charge is -2.36. The first kappa shape index (κ1) is 14.1. The van der Waals surface area contributed by atoms with Gasteiger partial charge in [0.05, 0.1) is 30.5 Å². The van der Waals surface area contributed by atoms with Crippen LogP contribution in [0.15, 0.2) is 18.3 Å². The van der Waals surface area contributed by atoms with Crippen LogP contribution in [0.1, 0.15) is 13.3 Å². The summed E-state index contributed by atoms with van der Waals surface area (Å²) in [6.45, 7) is 5.71. The number of carbonyl (C=O) groups is 1. The highest BCUT2D eigenvalue weighted by Gasteiger charge is 2.33. The number of carbonyl (C=O) groups excluding carboxylic acids is 1. The van der Waals surface area contributed by atoms with Crippen molar-refractivity contribution in [2.75, 3.05) is 43.4 Å². The molecule has 0 saturated carbocycles. The molecule has 6 nitrogen and oxygen atoms in total. The Morgan fingerprint density at radius 2 is 2.10 bits per heavy atom. The highest BCUT2D eigenvalue weighted by molar-refractivity contribution is 5.79. The van der Waals surface area contributed by atoms with Crippen LogP contribution in [-0.4, -0.2) is 54.7 Å². The summed E-state index contributed by atoms with van der Waals surface area (Å²) >= 11 is 0. The van der Waals surface area contributed by atoms with E-state index in [1.54, 1.807) is 6.20 Å². The molecular formula is C15H22N4O2. The molecule has 0 spiro atoms. The Kier molecular flexibility index (Phi) is 3.96. The van der Waals surface area contributed by atoms with E-state index in [1.165, 1.54) is 0 Å². The lowest BCUT2D eigenvalue weighted by molar-refractivity contribution is -0.135. The van der Waals surface area contributed by atoms with Crippen molar-refractivity contribution >= 4 is 17.4 Å². The number of anilines is 2. The second kappa shape index (κ2) is 5.89. The molecule has 2 atom stereocenters. The van der Waals surface area contributed by atoms with Crippen LogP contribution in [0.5, 0.6) is 0 Å². The third kappa shape index (κ3) is 3.10. The Balaban J connectivity index is 1.55. The second-order valence-electron chi connectivity index (χ2n) is 5.84. The predicted molar refractivity (Wildman–Crippen MR) is 81.0 cm³/mol. The van der Waals surface area contributed by atoms with Gasteiger partial charge in [0.2, 0.25) is 5.91 Å². The average Bonchev–Trinajstić information content (AvgIpc) is 2.94. The van der Waals surface area contributed by atoms with E-state index in [0.717, 1.165) is 38.4 Å². The van der Waals surface area contributed by atoms with E-state index in [0.29, 0.717) is 12.3 Å². The molecule has 0 bridgehead atoms. The van der Waals surface area contributed by atoms with Crippen molar-refractivity contribution in [1.82, 2.24) is 9.88 Å². The maximum absolute atomic E-state index is 12.4. The van der Waals surface area contributed by atoms with E-state index < -0.39 is 0 Å². The van der Waals surface area contributed by atoms with Gasteiger partial charge in [0, 0.05) is 26.2 Å². The summed E-state index contributed by atoms with van der Waals surface area (Å²) in [5, 5.41) is 0. The zero-order valence-corrected chi connectivity index (χ0v) is 12.4. The molecule has 2 N–H and O–H groups in total. The van der Waals surface area contributed by atoms with Gasteiger partial charge in [0.1, 0.15) is 5.82 Å². The standard InChI is InChI=1S/C15H22N4O2/c1-11-8-12(10-21-11)15(20)19-6-4-18(5-7-19)14-3-2-13(16)9-17-14/h2-3,9,11-12H,4-8,10,16H2,1H3. The van der Waals surface area contributed by atoms with Crippen LogP contribution < -0.4 is 10.6 Å². The normalized spacial score (nSPS) is 26.1. The van der Waals surface area contributed by atoms with Crippen molar-refractivity contribution in [2.24, 2.45) is 5.92 Å². The molecule has 1 aromatic rings. The van der Waals surface area contributed by atoms with E-state index in [-0.39, 0.29) is 17.9 Å². The highest BCUT2D eigenvalue weighted by atomic mass is 16.5. The lowest BCUT2D eigenvalue weighted by Crippen LogP contribution is -2.50. The number of amides is 1. The van der Waals surface area contributed by atoms with Gasteiger partial charge in [-0.25, -0.2) is 4.98 Å². The number of hydrogen-bond donors (Lipinski definition) is 1. The van der Waals surface area contributed by atoms with E-state index in [1.807, 2.05) is 24.0 Å². The van der Waals surface area contributed by atoms with Gasteiger partial charge >= 0.3 is 0 Å². The fourth-order valence-electron chi connectivity index (χ4n) is 2.99. The molecule has 1 aromatic heterocycles. The Labute approximate surface area is 124 Å². The molecule has 3 heterocycles. The fourth-order valence-corrected chi connectivity index (χ4v) is 2.99. The van der Waals surface area contributed by atoms with Gasteiger partial charge in [-0.15, -0.1) is 0 Å². The van der Waals surface area contributed by atoms with Gasteiger partial charge in [-0.2, -0.15) is 0 Å². The average molecular weight is 290 g/mol. The summed E-state index contributed by atoms with van der Waals surface area (Å²) in [6, 6.07) is 3.79. The monoisotopic (exact) mass is 290 g/mol. The third-order valence-electron chi connectivity index (χ3n) is 4.23. The Bertz CT molecular complexity index is 497. The van der Waals surface area contributed by atoms with Crippen molar-refractivity contribution in [3.63, 3.8) is 0 Å². The number of piperazine rings is 1. The minimum atomic E-state index is 0.0428. The molecule has 3 rings (SSSR count). The van der Waals surface area contributed by atoms with Crippen molar-refractivity contribution in [2.45, 2.75) is 19.4 Å². The first-order chi connectivity index (χ1) is 10.1. The van der Waals surface area contributed by atoms with Crippen LogP contribution >= 0.6 is 0 Å². The van der Waals surface area contributed by atoms with E-state index in [2.05, 4.69) is 9.88 Å². The number of nitrogens with zero attached hydrogens (tertiary/aromatic N) is 3. The maximum Gasteiger partial charge on any atom is 0.228 e. The van der Waals surface area contributed by atoms with E-state index in [9.17, 15) is 4.79 Å². The molecule has 0 radical (unpaired) electrons. The molecule has 2 saturated heterocycles. The van der Waals surface area contributed by atoms with Crippen molar-refractivity contribution in [1.29, 1.82) is 0 Å². The van der Waals surface area contributed by atoms with Crippen LogP contribution in [0.4, 0.5) is 11.5 Å². The van der Waals surface area contributed by atoms with Gasteiger partial charge in [-0.05, 0) is 25.5 Å². The topological polar surface area (TPSA) is 71.7 Å². The minimum Gasteiger partial charge on any atom is -0.397 e. The van der Waals surface area contributed by atoms with Gasteiger partial charge in [0.25, 0.3) is 0 Å². The molecule has 0 aromatic carbocycles. The summed E-state index contributed by atoms with van der Waals surface area (Å²) in [7, 11) is 0. The largest absolute Gasteiger partial charge is 0.397 e. The van der Waals surface area contributed by atoms with Crippen molar-refractivity contribution in [3.05, 3.63) is 18.3 Å². The molecule has 21 heavy (non-hydrogen) atoms. The van der Waals surface area contributed by atoms with Crippen LogP contribution in [0, 0.1) is 5.92 Å². The smallest absolute Gasteiger partial charge is 0.228 e. The van der Waals surface area contributed by atoms with Gasteiger partial charge in [-0.3, -0.25) is 4.79 Å². The van der Waals surface area contributed by atoms with Gasteiger partial charge < -0.3 is 20.3 Å². The molecule has 2 unspecified atom stereocenters. The number of rotatable bonds is 2. The molecular weight excluding hydrogens is 268 g/mol. The van der Waals surface area contributed by atoms with Gasteiger partial charge in [0.15, 0.2) is 0 Å². The van der Waals surface area contributed by atoms with Crippen LogP contribution in [-0.2, 0) is 9.53 Å². The number of hydrogen-bond acceptors (Lipinski definition) is 5. The Morgan fingerprint density at radius 3 is 2.67 bits per heavy atom. The van der Waals surface area contributed by atoms with Crippen molar-refractivity contribution < 1.29 is 9.53 Å². The lowest BCUT2D eigenvalue weighted by atomic mass is 10.0. The van der Waals surface area contributed by atoms with Gasteiger partial charge in [-0.1, -0.05) is 0 Å². The first-order valence-corrected chi connectivity index (χ1v) is 7.50.